The van der Waals surface area contributed by atoms with Crippen LogP contribution in [0, 0.1) is 17.0 Å². The fraction of sp³-hybridized carbons (Fsp3) is 0.0667. The van der Waals surface area contributed by atoms with Crippen molar-refractivity contribution in [2.75, 3.05) is 0 Å². The van der Waals surface area contributed by atoms with Crippen LogP contribution in [0.15, 0.2) is 45.9 Å². The van der Waals surface area contributed by atoms with E-state index in [0.29, 0.717) is 0 Å². The normalized spacial score (nSPS) is 11.2. The highest BCUT2D eigenvalue weighted by Gasteiger charge is 2.10. The molecule has 1 heterocycles. The van der Waals surface area contributed by atoms with Crippen LogP contribution in [0.1, 0.15) is 21.7 Å². The molecule has 118 valence electrons. The molecule has 1 aromatic carbocycles. The number of nitrogens with one attached hydrogen (secondary N) is 1. The van der Waals surface area contributed by atoms with Gasteiger partial charge in [-0.15, -0.1) is 0 Å². The Morgan fingerprint density at radius 3 is 2.87 bits per heavy atom. The van der Waals surface area contributed by atoms with Crippen molar-refractivity contribution in [2.24, 2.45) is 5.10 Å². The Kier molecular flexibility index (Phi) is 4.88. The second kappa shape index (κ2) is 7.03. The first-order valence-corrected chi connectivity index (χ1v) is 6.51. The summed E-state index contributed by atoms with van der Waals surface area (Å²) in [7, 11) is 0. The van der Waals surface area contributed by atoms with E-state index in [1.54, 1.807) is 13.0 Å². The summed E-state index contributed by atoms with van der Waals surface area (Å²) in [5.41, 5.74) is 3.21. The summed E-state index contributed by atoms with van der Waals surface area (Å²) in [5, 5.41) is 23.7. The number of nitro groups is 1. The van der Waals surface area contributed by atoms with Gasteiger partial charge in [0.15, 0.2) is 0 Å². The van der Waals surface area contributed by atoms with E-state index in [4.69, 9.17) is 4.42 Å². The minimum atomic E-state index is -0.639. The SMILES string of the molecule is Cc1ccc(O)c(C(=O)N/N=C/C=C/c2ccc([N+](=O)[O-])o2)c1. The number of allylic oxidation sites excluding steroid dienone is 1. The average Bonchev–Trinajstić information content (AvgIpc) is 2.98. The van der Waals surface area contributed by atoms with Gasteiger partial charge in [-0.05, 0) is 37.3 Å². The quantitative estimate of drug-likeness (QED) is 0.499. The number of hydrazone groups is 1. The molecule has 0 unspecified atom stereocenters. The highest BCUT2D eigenvalue weighted by atomic mass is 16.6. The van der Waals surface area contributed by atoms with Gasteiger partial charge in [-0.25, -0.2) is 5.43 Å². The number of hydrogen-bond acceptors (Lipinski definition) is 6. The Morgan fingerprint density at radius 1 is 1.39 bits per heavy atom. The van der Waals surface area contributed by atoms with Crippen molar-refractivity contribution in [3.8, 4) is 5.75 Å². The molecule has 0 fully saturated rings. The topological polar surface area (TPSA) is 118 Å². The maximum atomic E-state index is 11.8. The first-order valence-electron chi connectivity index (χ1n) is 6.51. The molecule has 0 bridgehead atoms. The zero-order valence-electron chi connectivity index (χ0n) is 12.1. The number of hydrogen-bond donors (Lipinski definition) is 2. The van der Waals surface area contributed by atoms with Crippen LogP contribution in [-0.4, -0.2) is 22.2 Å². The maximum absolute atomic E-state index is 11.8. The minimum absolute atomic E-state index is 0.118. The van der Waals surface area contributed by atoms with Crippen molar-refractivity contribution in [3.05, 3.63) is 63.4 Å². The molecule has 2 rings (SSSR count). The summed E-state index contributed by atoms with van der Waals surface area (Å²) in [6.45, 7) is 1.80. The zero-order chi connectivity index (χ0) is 16.8. The molecule has 0 aliphatic rings. The maximum Gasteiger partial charge on any atom is 0.433 e. The number of phenolic OH excluding ortho intramolecular Hbond substituents is 1. The van der Waals surface area contributed by atoms with Crippen molar-refractivity contribution in [2.45, 2.75) is 6.92 Å². The predicted octanol–water partition coefficient (Wildman–Crippen LogP) is 2.63. The van der Waals surface area contributed by atoms with Crippen LogP contribution in [-0.2, 0) is 0 Å². The van der Waals surface area contributed by atoms with Gasteiger partial charge >= 0.3 is 5.88 Å². The summed E-state index contributed by atoms with van der Waals surface area (Å²) < 4.78 is 4.90. The standard InChI is InChI=1S/C15H13N3O5/c1-10-4-6-13(19)12(9-10)15(20)17-16-8-2-3-11-5-7-14(23-11)18(21)22/h2-9,19H,1H3,(H,17,20)/b3-2+,16-8+. The number of carbonyl (C=O) groups is 1. The van der Waals surface area contributed by atoms with E-state index in [9.17, 15) is 20.0 Å². The van der Waals surface area contributed by atoms with Crippen LogP contribution >= 0.6 is 0 Å². The van der Waals surface area contributed by atoms with Crippen LogP contribution in [0.3, 0.4) is 0 Å². The Bertz CT molecular complexity index is 792. The molecule has 8 nitrogen and oxygen atoms in total. The molecule has 8 heteroatoms. The van der Waals surface area contributed by atoms with Crippen LogP contribution in [0.25, 0.3) is 6.08 Å². The van der Waals surface area contributed by atoms with Crippen molar-refractivity contribution in [1.82, 2.24) is 5.43 Å². The van der Waals surface area contributed by atoms with Gasteiger partial charge in [0.1, 0.15) is 16.4 Å². The lowest BCUT2D eigenvalue weighted by atomic mass is 10.1. The third kappa shape index (κ3) is 4.27. The number of amides is 1. The van der Waals surface area contributed by atoms with Crippen molar-refractivity contribution < 1.29 is 19.2 Å². The minimum Gasteiger partial charge on any atom is -0.507 e. The highest BCUT2D eigenvalue weighted by Crippen LogP contribution is 2.18. The van der Waals surface area contributed by atoms with E-state index in [0.717, 1.165) is 5.56 Å². The van der Waals surface area contributed by atoms with E-state index in [2.05, 4.69) is 10.5 Å². The summed E-state index contributed by atoms with van der Waals surface area (Å²) in [5.74, 6) is -0.762. The molecule has 0 saturated heterocycles. The lowest BCUT2D eigenvalue weighted by Crippen LogP contribution is -2.17. The monoisotopic (exact) mass is 315 g/mol. The first kappa shape index (κ1) is 16.0. The molecule has 2 aromatic rings. The van der Waals surface area contributed by atoms with Crippen LogP contribution in [0.2, 0.25) is 0 Å². The first-order chi connectivity index (χ1) is 11.0. The smallest absolute Gasteiger partial charge is 0.433 e. The molecule has 1 aromatic heterocycles. The van der Waals surface area contributed by atoms with Crippen molar-refractivity contribution in [1.29, 1.82) is 0 Å². The van der Waals surface area contributed by atoms with Gasteiger partial charge in [0, 0.05) is 6.21 Å². The number of nitrogens with zero attached hydrogens (tertiary/aromatic N) is 2. The molecule has 1 amide bonds. The van der Waals surface area contributed by atoms with Gasteiger partial charge in [-0.1, -0.05) is 11.6 Å². The number of carbonyl (C=O) groups excluding carboxylic acids is 1. The van der Waals surface area contributed by atoms with Gasteiger partial charge in [0.2, 0.25) is 0 Å². The van der Waals surface area contributed by atoms with Crippen LogP contribution in [0.4, 0.5) is 5.88 Å². The molecule has 0 radical (unpaired) electrons. The van der Waals surface area contributed by atoms with Gasteiger partial charge in [-0.2, -0.15) is 5.10 Å². The highest BCUT2D eigenvalue weighted by molar-refractivity contribution is 5.97. The molecule has 2 N–H and O–H groups in total. The third-order valence-corrected chi connectivity index (χ3v) is 2.78. The number of phenols is 1. The van der Waals surface area contributed by atoms with E-state index in [-0.39, 0.29) is 23.0 Å². The molecular weight excluding hydrogens is 302 g/mol. The molecule has 0 aliphatic carbocycles. The lowest BCUT2D eigenvalue weighted by molar-refractivity contribution is -0.402. The Balaban J connectivity index is 1.93. The van der Waals surface area contributed by atoms with Crippen molar-refractivity contribution >= 4 is 24.1 Å². The van der Waals surface area contributed by atoms with Crippen LogP contribution in [0.5, 0.6) is 5.75 Å². The van der Waals surface area contributed by atoms with E-state index >= 15 is 0 Å². The second-order valence-electron chi connectivity index (χ2n) is 4.53. The number of benzene rings is 1. The Hall–Kier alpha value is -3.42. The lowest BCUT2D eigenvalue weighted by Gasteiger charge is -2.03. The fourth-order valence-electron chi connectivity index (χ4n) is 1.70. The Labute approximate surface area is 130 Å². The predicted molar refractivity (Wildman–Crippen MR) is 83.2 cm³/mol. The van der Waals surface area contributed by atoms with Gasteiger partial charge in [-0.3, -0.25) is 14.9 Å². The molecule has 23 heavy (non-hydrogen) atoms. The molecule has 0 atom stereocenters. The van der Waals surface area contributed by atoms with Crippen LogP contribution < -0.4 is 5.43 Å². The van der Waals surface area contributed by atoms with Crippen molar-refractivity contribution in [3.63, 3.8) is 0 Å². The van der Waals surface area contributed by atoms with E-state index < -0.39 is 10.8 Å². The summed E-state index contributed by atoms with van der Waals surface area (Å²) in [4.78, 5) is 21.6. The summed E-state index contributed by atoms with van der Waals surface area (Å²) in [6.07, 6.45) is 4.17. The molecule has 0 spiro atoms. The number of furan rings is 1. The zero-order valence-corrected chi connectivity index (χ0v) is 12.1. The molecule has 0 aliphatic heterocycles. The number of aromatic hydroxyl groups is 1. The summed E-state index contributed by atoms with van der Waals surface area (Å²) in [6, 6.07) is 7.32. The summed E-state index contributed by atoms with van der Waals surface area (Å²) >= 11 is 0. The Morgan fingerprint density at radius 2 is 2.17 bits per heavy atom. The third-order valence-electron chi connectivity index (χ3n) is 2.78. The second-order valence-corrected chi connectivity index (χ2v) is 4.53. The fourth-order valence-corrected chi connectivity index (χ4v) is 1.70. The van der Waals surface area contributed by atoms with Gasteiger partial charge in [0.25, 0.3) is 5.91 Å². The largest absolute Gasteiger partial charge is 0.507 e. The number of aryl methyl sites for hydroxylation is 1. The van der Waals surface area contributed by atoms with Gasteiger partial charge < -0.3 is 9.52 Å². The molecule has 0 saturated carbocycles. The van der Waals surface area contributed by atoms with E-state index in [1.807, 2.05) is 0 Å². The van der Waals surface area contributed by atoms with Gasteiger partial charge in [0.05, 0.1) is 11.6 Å². The molecular formula is C15H13N3O5. The average molecular weight is 315 g/mol. The number of rotatable bonds is 5. The van der Waals surface area contributed by atoms with E-state index in [1.165, 1.54) is 42.6 Å².